The van der Waals surface area contributed by atoms with Crippen LogP contribution in [0.3, 0.4) is 0 Å². The Morgan fingerprint density at radius 2 is 1.96 bits per heavy atom. The van der Waals surface area contributed by atoms with E-state index in [4.69, 9.17) is 16.3 Å². The van der Waals surface area contributed by atoms with Crippen molar-refractivity contribution in [2.24, 2.45) is 0 Å². The highest BCUT2D eigenvalue weighted by molar-refractivity contribution is 6.31. The highest BCUT2D eigenvalue weighted by Crippen LogP contribution is 2.27. The number of halogens is 1. The van der Waals surface area contributed by atoms with Gasteiger partial charge in [-0.05, 0) is 44.5 Å². The summed E-state index contributed by atoms with van der Waals surface area (Å²) < 4.78 is 5.28. The number of hydrogen-bond donors (Lipinski definition) is 2. The SMILES string of the molecule is COc1ccc(Cl)cc1NC(=O)[C@H](C)[NH+](C)Cc1ccc(C)cc1C. The summed E-state index contributed by atoms with van der Waals surface area (Å²) in [5, 5.41) is 3.48. The quantitative estimate of drug-likeness (QED) is 0.830. The maximum absolute atomic E-state index is 12.6. The van der Waals surface area contributed by atoms with Crippen molar-refractivity contribution in [2.75, 3.05) is 19.5 Å². The minimum Gasteiger partial charge on any atom is -0.495 e. The molecular weight excluding hydrogens is 336 g/mol. The van der Waals surface area contributed by atoms with Gasteiger partial charge in [0, 0.05) is 10.6 Å². The summed E-state index contributed by atoms with van der Waals surface area (Å²) in [6.07, 6.45) is 0. The van der Waals surface area contributed by atoms with Crippen molar-refractivity contribution in [3.8, 4) is 5.75 Å². The zero-order valence-electron chi connectivity index (χ0n) is 15.4. The molecule has 0 aromatic heterocycles. The first-order valence-corrected chi connectivity index (χ1v) is 8.72. The fourth-order valence-corrected chi connectivity index (χ4v) is 2.91. The standard InChI is InChI=1S/C20H25ClN2O2/c1-13-6-7-16(14(2)10-13)12-23(4)15(3)20(24)22-18-11-17(21)8-9-19(18)25-5/h6-11,15H,12H2,1-5H3,(H,22,24)/p+1/t15-/m0/s1. The van der Waals surface area contributed by atoms with E-state index in [0.29, 0.717) is 16.5 Å². The van der Waals surface area contributed by atoms with E-state index in [9.17, 15) is 4.79 Å². The Hall–Kier alpha value is -2.04. The summed E-state index contributed by atoms with van der Waals surface area (Å²) in [6, 6.07) is 11.4. The van der Waals surface area contributed by atoms with Gasteiger partial charge in [0.15, 0.2) is 6.04 Å². The van der Waals surface area contributed by atoms with Crippen molar-refractivity contribution in [3.05, 3.63) is 58.1 Å². The number of quaternary nitrogens is 1. The Bertz CT molecular complexity index is 761. The molecule has 0 bridgehead atoms. The minimum atomic E-state index is -0.218. The van der Waals surface area contributed by atoms with Crippen LogP contribution in [0.2, 0.25) is 5.02 Å². The van der Waals surface area contributed by atoms with Gasteiger partial charge in [-0.3, -0.25) is 4.79 Å². The Morgan fingerprint density at radius 1 is 1.24 bits per heavy atom. The lowest BCUT2D eigenvalue weighted by molar-refractivity contribution is -0.907. The van der Waals surface area contributed by atoms with E-state index in [0.717, 1.165) is 11.4 Å². The van der Waals surface area contributed by atoms with Crippen LogP contribution in [0.15, 0.2) is 36.4 Å². The Balaban J connectivity index is 2.07. The molecule has 0 aliphatic rings. The lowest BCUT2D eigenvalue weighted by Gasteiger charge is -2.22. The first kappa shape index (κ1) is 19.3. The lowest BCUT2D eigenvalue weighted by Crippen LogP contribution is -3.12. The zero-order valence-corrected chi connectivity index (χ0v) is 16.2. The number of hydrogen-bond acceptors (Lipinski definition) is 2. The molecule has 0 saturated carbocycles. The second-order valence-corrected chi connectivity index (χ2v) is 6.95. The lowest BCUT2D eigenvalue weighted by atomic mass is 10.0. The van der Waals surface area contributed by atoms with Gasteiger partial charge in [0.25, 0.3) is 5.91 Å². The largest absolute Gasteiger partial charge is 0.495 e. The van der Waals surface area contributed by atoms with Crippen molar-refractivity contribution >= 4 is 23.2 Å². The fourth-order valence-electron chi connectivity index (χ4n) is 2.74. The Morgan fingerprint density at radius 3 is 2.60 bits per heavy atom. The Kier molecular flexibility index (Phi) is 6.45. The minimum absolute atomic E-state index is 0.0668. The molecule has 4 nitrogen and oxygen atoms in total. The first-order valence-electron chi connectivity index (χ1n) is 8.34. The summed E-state index contributed by atoms with van der Waals surface area (Å²) >= 11 is 6.02. The van der Waals surface area contributed by atoms with Crippen LogP contribution in [0.5, 0.6) is 5.75 Å². The van der Waals surface area contributed by atoms with Crippen molar-refractivity contribution < 1.29 is 14.4 Å². The molecule has 1 unspecified atom stereocenters. The number of anilines is 1. The predicted molar refractivity (Wildman–Crippen MR) is 103 cm³/mol. The van der Waals surface area contributed by atoms with E-state index < -0.39 is 0 Å². The van der Waals surface area contributed by atoms with Crippen molar-refractivity contribution in [3.63, 3.8) is 0 Å². The molecule has 2 rings (SSSR count). The van der Waals surface area contributed by atoms with Gasteiger partial charge in [-0.25, -0.2) is 0 Å². The molecule has 0 aliphatic carbocycles. The van der Waals surface area contributed by atoms with Gasteiger partial charge in [-0.1, -0.05) is 35.4 Å². The van der Waals surface area contributed by atoms with E-state index >= 15 is 0 Å². The molecule has 0 aliphatic heterocycles. The summed E-state index contributed by atoms with van der Waals surface area (Å²) in [4.78, 5) is 13.7. The molecule has 134 valence electrons. The van der Waals surface area contributed by atoms with Gasteiger partial charge in [0.05, 0.1) is 19.8 Å². The molecule has 0 spiro atoms. The number of carbonyl (C=O) groups excluding carboxylic acids is 1. The molecule has 5 heteroatoms. The number of aryl methyl sites for hydroxylation is 2. The van der Waals surface area contributed by atoms with Crippen molar-refractivity contribution in [2.45, 2.75) is 33.4 Å². The van der Waals surface area contributed by atoms with Crippen molar-refractivity contribution in [1.82, 2.24) is 0 Å². The van der Waals surface area contributed by atoms with Crippen LogP contribution in [-0.2, 0) is 11.3 Å². The van der Waals surface area contributed by atoms with E-state index in [1.54, 1.807) is 25.3 Å². The van der Waals surface area contributed by atoms with E-state index in [1.807, 2.05) is 14.0 Å². The number of carbonyl (C=O) groups is 1. The third kappa shape index (κ3) is 4.97. The fraction of sp³-hybridized carbons (Fsp3) is 0.350. The number of ether oxygens (including phenoxy) is 1. The van der Waals surface area contributed by atoms with Crippen LogP contribution >= 0.6 is 11.6 Å². The van der Waals surface area contributed by atoms with Crippen LogP contribution in [0, 0.1) is 13.8 Å². The van der Waals surface area contributed by atoms with Gasteiger partial charge in [-0.2, -0.15) is 0 Å². The molecular formula is C20H26ClN2O2+. The highest BCUT2D eigenvalue weighted by Gasteiger charge is 2.23. The van der Waals surface area contributed by atoms with Crippen molar-refractivity contribution in [1.29, 1.82) is 0 Å². The average molecular weight is 362 g/mol. The molecule has 2 aromatic rings. The average Bonchev–Trinajstić information content (AvgIpc) is 2.56. The van der Waals surface area contributed by atoms with Gasteiger partial charge in [0.2, 0.25) is 0 Å². The van der Waals surface area contributed by atoms with Gasteiger partial charge < -0.3 is 15.0 Å². The predicted octanol–water partition coefficient (Wildman–Crippen LogP) is 3.01. The normalized spacial score (nSPS) is 13.2. The molecule has 0 saturated heterocycles. The summed E-state index contributed by atoms with van der Waals surface area (Å²) in [7, 11) is 3.60. The van der Waals surface area contributed by atoms with Gasteiger partial charge in [-0.15, -0.1) is 0 Å². The molecule has 0 fully saturated rings. The number of methoxy groups -OCH3 is 1. The van der Waals surface area contributed by atoms with Crippen LogP contribution in [-0.4, -0.2) is 26.1 Å². The second kappa shape index (κ2) is 8.37. The molecule has 2 N–H and O–H groups in total. The molecule has 2 atom stereocenters. The summed E-state index contributed by atoms with van der Waals surface area (Å²) in [5.74, 6) is 0.528. The molecule has 0 heterocycles. The number of likely N-dealkylation sites (N-methyl/N-ethyl adjacent to an activating group) is 1. The molecule has 2 aromatic carbocycles. The van der Waals surface area contributed by atoms with Gasteiger partial charge in [0.1, 0.15) is 12.3 Å². The monoisotopic (exact) mass is 361 g/mol. The van der Waals surface area contributed by atoms with E-state index in [-0.39, 0.29) is 11.9 Å². The van der Waals surface area contributed by atoms with Crippen LogP contribution < -0.4 is 15.0 Å². The van der Waals surface area contributed by atoms with Gasteiger partial charge >= 0.3 is 0 Å². The van der Waals surface area contributed by atoms with E-state index in [1.165, 1.54) is 16.7 Å². The number of amides is 1. The highest BCUT2D eigenvalue weighted by atomic mass is 35.5. The summed E-state index contributed by atoms with van der Waals surface area (Å²) in [5.41, 5.74) is 4.34. The smallest absolute Gasteiger partial charge is 0.282 e. The van der Waals surface area contributed by atoms with Crippen LogP contribution in [0.1, 0.15) is 23.6 Å². The zero-order chi connectivity index (χ0) is 18.6. The number of nitrogens with one attached hydrogen (secondary N) is 2. The molecule has 25 heavy (non-hydrogen) atoms. The maximum Gasteiger partial charge on any atom is 0.282 e. The molecule has 1 amide bonds. The first-order chi connectivity index (χ1) is 11.8. The van der Waals surface area contributed by atoms with Crippen LogP contribution in [0.4, 0.5) is 5.69 Å². The topological polar surface area (TPSA) is 42.8 Å². The maximum atomic E-state index is 12.6. The number of benzene rings is 2. The summed E-state index contributed by atoms with van der Waals surface area (Å²) in [6.45, 7) is 6.90. The van der Waals surface area contributed by atoms with Crippen LogP contribution in [0.25, 0.3) is 0 Å². The number of rotatable bonds is 6. The second-order valence-electron chi connectivity index (χ2n) is 6.51. The molecule has 0 radical (unpaired) electrons. The third-order valence-electron chi connectivity index (χ3n) is 4.52. The third-order valence-corrected chi connectivity index (χ3v) is 4.75. The Labute approximate surface area is 154 Å². The van der Waals surface area contributed by atoms with E-state index in [2.05, 4.69) is 37.4 Å².